The van der Waals surface area contributed by atoms with Gasteiger partial charge in [-0.3, -0.25) is 0 Å². The summed E-state index contributed by atoms with van der Waals surface area (Å²) >= 11 is 3.45. The standard InChI is InChI=1S/C10H11BrN2O/c11-8-6-13(5-4-12)10-7(8)2-1-3-9(10)14/h1-3,6,14H,4-5,12H2. The van der Waals surface area contributed by atoms with Gasteiger partial charge in [0.25, 0.3) is 0 Å². The summed E-state index contributed by atoms with van der Waals surface area (Å²) in [5.74, 6) is 0.293. The van der Waals surface area contributed by atoms with E-state index in [0.29, 0.717) is 18.8 Å². The van der Waals surface area contributed by atoms with Crippen molar-refractivity contribution >= 4 is 26.8 Å². The van der Waals surface area contributed by atoms with E-state index >= 15 is 0 Å². The molecule has 4 heteroatoms. The van der Waals surface area contributed by atoms with Gasteiger partial charge in [0, 0.05) is 29.1 Å². The number of halogens is 1. The molecule has 1 aromatic carbocycles. The number of aromatic hydroxyl groups is 1. The molecule has 0 aliphatic carbocycles. The SMILES string of the molecule is NCCn1cc(Br)c2cccc(O)c21. The van der Waals surface area contributed by atoms with Gasteiger partial charge in [-0.15, -0.1) is 0 Å². The van der Waals surface area contributed by atoms with E-state index in [-0.39, 0.29) is 0 Å². The third-order valence-corrected chi connectivity index (χ3v) is 2.83. The minimum Gasteiger partial charge on any atom is -0.506 e. The van der Waals surface area contributed by atoms with Crippen LogP contribution in [0.25, 0.3) is 10.9 Å². The number of nitrogens with two attached hydrogens (primary N) is 1. The zero-order chi connectivity index (χ0) is 10.1. The van der Waals surface area contributed by atoms with Gasteiger partial charge in [-0.1, -0.05) is 12.1 Å². The minimum absolute atomic E-state index is 0.293. The third-order valence-electron chi connectivity index (χ3n) is 2.20. The Hall–Kier alpha value is -1.00. The molecule has 74 valence electrons. The Morgan fingerprint density at radius 3 is 2.93 bits per heavy atom. The molecule has 1 aromatic heterocycles. The smallest absolute Gasteiger partial charge is 0.139 e. The lowest BCUT2D eigenvalue weighted by atomic mass is 10.2. The van der Waals surface area contributed by atoms with Gasteiger partial charge < -0.3 is 15.4 Å². The molecule has 0 saturated heterocycles. The summed E-state index contributed by atoms with van der Waals surface area (Å²) in [6, 6.07) is 5.48. The van der Waals surface area contributed by atoms with Crippen molar-refractivity contribution in [2.45, 2.75) is 6.54 Å². The van der Waals surface area contributed by atoms with Crippen LogP contribution in [-0.2, 0) is 6.54 Å². The highest BCUT2D eigenvalue weighted by molar-refractivity contribution is 9.10. The summed E-state index contributed by atoms with van der Waals surface area (Å²) in [7, 11) is 0. The van der Waals surface area contributed by atoms with Crippen LogP contribution in [0, 0.1) is 0 Å². The van der Waals surface area contributed by atoms with E-state index in [9.17, 15) is 5.11 Å². The minimum atomic E-state index is 0.293. The molecule has 1 heterocycles. The average Bonchev–Trinajstić information content (AvgIpc) is 2.46. The van der Waals surface area contributed by atoms with Crippen LogP contribution in [0.15, 0.2) is 28.9 Å². The highest BCUT2D eigenvalue weighted by Gasteiger charge is 2.08. The van der Waals surface area contributed by atoms with Gasteiger partial charge in [-0.2, -0.15) is 0 Å². The molecule has 0 unspecified atom stereocenters. The van der Waals surface area contributed by atoms with Crippen molar-refractivity contribution in [3.63, 3.8) is 0 Å². The molecule has 2 aromatic rings. The van der Waals surface area contributed by atoms with E-state index in [1.165, 1.54) is 0 Å². The van der Waals surface area contributed by atoms with E-state index in [1.807, 2.05) is 22.9 Å². The molecule has 2 rings (SSSR count). The maximum atomic E-state index is 9.71. The quantitative estimate of drug-likeness (QED) is 0.863. The predicted molar refractivity (Wildman–Crippen MR) is 60.4 cm³/mol. The van der Waals surface area contributed by atoms with Gasteiger partial charge in [0.2, 0.25) is 0 Å². The van der Waals surface area contributed by atoms with E-state index in [2.05, 4.69) is 15.9 Å². The first kappa shape index (κ1) is 9.55. The molecule has 3 N–H and O–H groups in total. The fourth-order valence-corrected chi connectivity index (χ4v) is 2.18. The Balaban J connectivity index is 2.72. The van der Waals surface area contributed by atoms with Crippen LogP contribution < -0.4 is 5.73 Å². The van der Waals surface area contributed by atoms with E-state index < -0.39 is 0 Å². The van der Waals surface area contributed by atoms with E-state index in [0.717, 1.165) is 15.4 Å². The van der Waals surface area contributed by atoms with Crippen molar-refractivity contribution in [3.8, 4) is 5.75 Å². The Morgan fingerprint density at radius 2 is 2.21 bits per heavy atom. The van der Waals surface area contributed by atoms with Crippen LogP contribution in [0.5, 0.6) is 5.75 Å². The largest absolute Gasteiger partial charge is 0.506 e. The Bertz CT molecular complexity index is 464. The summed E-state index contributed by atoms with van der Waals surface area (Å²) in [5, 5.41) is 10.7. The fourth-order valence-electron chi connectivity index (χ4n) is 1.61. The number of phenols is 1. The molecule has 14 heavy (non-hydrogen) atoms. The number of hydrogen-bond donors (Lipinski definition) is 2. The first-order chi connectivity index (χ1) is 6.74. The number of hydrogen-bond acceptors (Lipinski definition) is 2. The van der Waals surface area contributed by atoms with Crippen LogP contribution in [0.2, 0.25) is 0 Å². The lowest BCUT2D eigenvalue weighted by Gasteiger charge is -2.03. The highest BCUT2D eigenvalue weighted by atomic mass is 79.9. The Kier molecular flexibility index (Phi) is 2.48. The zero-order valence-electron chi connectivity index (χ0n) is 7.57. The summed E-state index contributed by atoms with van der Waals surface area (Å²) in [4.78, 5) is 0. The molecule has 0 amide bonds. The normalized spacial score (nSPS) is 11.0. The molecule has 0 saturated carbocycles. The number of phenolic OH excluding ortho intramolecular Hbond substituents is 1. The Morgan fingerprint density at radius 1 is 1.43 bits per heavy atom. The van der Waals surface area contributed by atoms with Gasteiger partial charge in [-0.25, -0.2) is 0 Å². The first-order valence-electron chi connectivity index (χ1n) is 4.40. The van der Waals surface area contributed by atoms with Crippen molar-refractivity contribution in [2.24, 2.45) is 5.73 Å². The van der Waals surface area contributed by atoms with Crippen LogP contribution in [0.3, 0.4) is 0 Å². The second-order valence-electron chi connectivity index (χ2n) is 3.13. The monoisotopic (exact) mass is 254 g/mol. The van der Waals surface area contributed by atoms with Gasteiger partial charge in [0.1, 0.15) is 5.75 Å². The maximum absolute atomic E-state index is 9.71. The summed E-state index contributed by atoms with van der Waals surface area (Å²) in [6.07, 6.45) is 1.94. The molecule has 3 nitrogen and oxygen atoms in total. The molecular formula is C10H11BrN2O. The summed E-state index contributed by atoms with van der Waals surface area (Å²) in [5.41, 5.74) is 6.33. The number of nitrogens with zero attached hydrogens (tertiary/aromatic N) is 1. The predicted octanol–water partition coefficient (Wildman–Crippen LogP) is 2.07. The van der Waals surface area contributed by atoms with Crippen molar-refractivity contribution in [3.05, 3.63) is 28.9 Å². The van der Waals surface area contributed by atoms with Crippen LogP contribution in [0.4, 0.5) is 0 Å². The topological polar surface area (TPSA) is 51.2 Å². The molecule has 0 bridgehead atoms. The molecule has 0 atom stereocenters. The molecular weight excluding hydrogens is 244 g/mol. The fraction of sp³-hybridized carbons (Fsp3) is 0.200. The molecule has 0 spiro atoms. The van der Waals surface area contributed by atoms with Crippen LogP contribution in [-0.4, -0.2) is 16.2 Å². The zero-order valence-corrected chi connectivity index (χ0v) is 9.16. The van der Waals surface area contributed by atoms with Crippen LogP contribution in [0.1, 0.15) is 0 Å². The van der Waals surface area contributed by atoms with Gasteiger partial charge in [0.05, 0.1) is 5.52 Å². The summed E-state index contributed by atoms with van der Waals surface area (Å²) in [6.45, 7) is 1.27. The van der Waals surface area contributed by atoms with Gasteiger partial charge in [-0.05, 0) is 22.0 Å². The number of aromatic nitrogens is 1. The number of rotatable bonds is 2. The second-order valence-corrected chi connectivity index (χ2v) is 3.99. The van der Waals surface area contributed by atoms with E-state index in [1.54, 1.807) is 6.07 Å². The van der Waals surface area contributed by atoms with Gasteiger partial charge >= 0.3 is 0 Å². The molecule has 0 radical (unpaired) electrons. The van der Waals surface area contributed by atoms with Crippen molar-refractivity contribution in [1.29, 1.82) is 0 Å². The maximum Gasteiger partial charge on any atom is 0.139 e. The summed E-state index contributed by atoms with van der Waals surface area (Å²) < 4.78 is 2.94. The second kappa shape index (κ2) is 3.63. The van der Waals surface area contributed by atoms with E-state index in [4.69, 9.17) is 5.73 Å². The van der Waals surface area contributed by atoms with Crippen LogP contribution >= 0.6 is 15.9 Å². The highest BCUT2D eigenvalue weighted by Crippen LogP contribution is 2.31. The number of para-hydroxylation sites is 1. The third kappa shape index (κ3) is 1.40. The molecule has 0 fully saturated rings. The number of benzene rings is 1. The number of fused-ring (bicyclic) bond motifs is 1. The van der Waals surface area contributed by atoms with Crippen molar-refractivity contribution in [1.82, 2.24) is 4.57 Å². The van der Waals surface area contributed by atoms with Crippen molar-refractivity contribution in [2.75, 3.05) is 6.54 Å². The molecule has 0 aliphatic heterocycles. The van der Waals surface area contributed by atoms with Gasteiger partial charge in [0.15, 0.2) is 0 Å². The lowest BCUT2D eigenvalue weighted by molar-refractivity contribution is 0.477. The lowest BCUT2D eigenvalue weighted by Crippen LogP contribution is -2.08. The van der Waals surface area contributed by atoms with Crippen molar-refractivity contribution < 1.29 is 5.11 Å². The molecule has 0 aliphatic rings. The average molecular weight is 255 g/mol. The Labute approximate surface area is 90.3 Å². The first-order valence-corrected chi connectivity index (χ1v) is 5.19.